The van der Waals surface area contributed by atoms with Crippen LogP contribution in [0.3, 0.4) is 0 Å². The first-order valence-electron chi connectivity index (χ1n) is 6.09. The zero-order valence-electron chi connectivity index (χ0n) is 10.8. The molecule has 1 atom stereocenters. The van der Waals surface area contributed by atoms with E-state index in [2.05, 4.69) is 29.1 Å². The predicted octanol–water partition coefficient (Wildman–Crippen LogP) is 1.66. The van der Waals surface area contributed by atoms with Crippen molar-refractivity contribution in [2.75, 3.05) is 18.5 Å². The van der Waals surface area contributed by atoms with Crippen molar-refractivity contribution in [2.45, 2.75) is 33.2 Å². The van der Waals surface area contributed by atoms with Crippen molar-refractivity contribution < 1.29 is 4.74 Å². The van der Waals surface area contributed by atoms with Gasteiger partial charge in [-0.1, -0.05) is 13.8 Å². The van der Waals surface area contributed by atoms with E-state index in [4.69, 9.17) is 10.5 Å². The van der Waals surface area contributed by atoms with Crippen LogP contribution in [0, 0.1) is 5.92 Å². The van der Waals surface area contributed by atoms with Gasteiger partial charge in [0.15, 0.2) is 0 Å². The molecule has 3 N–H and O–H groups in total. The van der Waals surface area contributed by atoms with Gasteiger partial charge in [0.05, 0.1) is 6.61 Å². The molecule has 5 heteroatoms. The summed E-state index contributed by atoms with van der Waals surface area (Å²) in [4.78, 5) is 8.46. The Morgan fingerprint density at radius 1 is 1.47 bits per heavy atom. The second-order valence-electron chi connectivity index (χ2n) is 4.22. The Labute approximate surface area is 103 Å². The fraction of sp³-hybridized carbons (Fsp3) is 0.667. The molecule has 0 spiro atoms. The van der Waals surface area contributed by atoms with Crippen molar-refractivity contribution in [1.29, 1.82) is 0 Å². The van der Waals surface area contributed by atoms with Crippen molar-refractivity contribution in [3.05, 3.63) is 12.3 Å². The van der Waals surface area contributed by atoms with Gasteiger partial charge >= 0.3 is 0 Å². The molecule has 0 radical (unpaired) electrons. The Hall–Kier alpha value is -1.36. The van der Waals surface area contributed by atoms with Crippen LogP contribution in [0.2, 0.25) is 0 Å². The van der Waals surface area contributed by atoms with Gasteiger partial charge in [0.2, 0.25) is 11.8 Å². The van der Waals surface area contributed by atoms with E-state index in [1.807, 2.05) is 6.92 Å². The summed E-state index contributed by atoms with van der Waals surface area (Å²) < 4.78 is 5.33. The maximum absolute atomic E-state index is 5.59. The number of anilines is 1. The standard InChI is InChI=1S/C12H22N4O/c1-4-17-11-6-8-14-12(16-11)15-10(5-7-13)9(2)3/h6,8-10H,4-5,7,13H2,1-3H3,(H,14,15,16). The molecular formula is C12H22N4O. The molecule has 0 aliphatic carbocycles. The zero-order chi connectivity index (χ0) is 12.7. The van der Waals surface area contributed by atoms with Crippen LogP contribution in [0.15, 0.2) is 12.3 Å². The van der Waals surface area contributed by atoms with Gasteiger partial charge in [-0.15, -0.1) is 0 Å². The number of nitrogens with one attached hydrogen (secondary N) is 1. The van der Waals surface area contributed by atoms with Crippen LogP contribution in [-0.4, -0.2) is 29.2 Å². The minimum Gasteiger partial charge on any atom is -0.478 e. The number of nitrogens with zero attached hydrogens (tertiary/aromatic N) is 2. The van der Waals surface area contributed by atoms with E-state index in [-0.39, 0.29) is 6.04 Å². The van der Waals surface area contributed by atoms with Gasteiger partial charge in [0.1, 0.15) is 0 Å². The smallest absolute Gasteiger partial charge is 0.226 e. The molecule has 1 aromatic rings. The van der Waals surface area contributed by atoms with Gasteiger partial charge in [0.25, 0.3) is 0 Å². The minimum atomic E-state index is 0.289. The third kappa shape index (κ3) is 4.56. The van der Waals surface area contributed by atoms with Gasteiger partial charge in [-0.05, 0) is 25.8 Å². The molecular weight excluding hydrogens is 216 g/mol. The highest BCUT2D eigenvalue weighted by atomic mass is 16.5. The highest BCUT2D eigenvalue weighted by Gasteiger charge is 2.13. The number of ether oxygens (including phenoxy) is 1. The Balaban J connectivity index is 2.68. The Kier molecular flexibility index (Phi) is 5.69. The van der Waals surface area contributed by atoms with E-state index in [9.17, 15) is 0 Å². The van der Waals surface area contributed by atoms with Gasteiger partial charge in [-0.3, -0.25) is 0 Å². The Morgan fingerprint density at radius 2 is 2.24 bits per heavy atom. The summed E-state index contributed by atoms with van der Waals surface area (Å²) in [5, 5.41) is 3.30. The molecule has 0 bridgehead atoms. The minimum absolute atomic E-state index is 0.289. The third-order valence-corrected chi connectivity index (χ3v) is 2.52. The van der Waals surface area contributed by atoms with Crippen LogP contribution < -0.4 is 15.8 Å². The number of aromatic nitrogens is 2. The Morgan fingerprint density at radius 3 is 2.82 bits per heavy atom. The first kappa shape index (κ1) is 13.7. The lowest BCUT2D eigenvalue weighted by Gasteiger charge is -2.21. The van der Waals surface area contributed by atoms with Crippen LogP contribution in [0.4, 0.5) is 5.95 Å². The quantitative estimate of drug-likeness (QED) is 0.755. The summed E-state index contributed by atoms with van der Waals surface area (Å²) >= 11 is 0. The van der Waals surface area contributed by atoms with E-state index in [1.54, 1.807) is 12.3 Å². The summed E-state index contributed by atoms with van der Waals surface area (Å²) in [6.45, 7) is 7.49. The molecule has 0 saturated heterocycles. The molecule has 0 aromatic carbocycles. The van der Waals surface area contributed by atoms with E-state index in [0.29, 0.717) is 30.9 Å². The van der Waals surface area contributed by atoms with E-state index in [0.717, 1.165) is 6.42 Å². The first-order chi connectivity index (χ1) is 8.17. The monoisotopic (exact) mass is 238 g/mol. The highest BCUT2D eigenvalue weighted by molar-refractivity contribution is 5.29. The summed E-state index contributed by atoms with van der Waals surface area (Å²) in [6, 6.07) is 2.04. The predicted molar refractivity (Wildman–Crippen MR) is 69.1 cm³/mol. The molecule has 0 amide bonds. The van der Waals surface area contributed by atoms with Crippen molar-refractivity contribution in [3.8, 4) is 5.88 Å². The molecule has 5 nitrogen and oxygen atoms in total. The maximum atomic E-state index is 5.59. The molecule has 0 aliphatic rings. The number of hydrogen-bond acceptors (Lipinski definition) is 5. The van der Waals surface area contributed by atoms with Gasteiger partial charge in [0, 0.05) is 18.3 Å². The van der Waals surface area contributed by atoms with Gasteiger partial charge < -0.3 is 15.8 Å². The SMILES string of the molecule is CCOc1ccnc(NC(CCN)C(C)C)n1. The van der Waals surface area contributed by atoms with Crippen LogP contribution in [0.5, 0.6) is 5.88 Å². The number of hydrogen-bond donors (Lipinski definition) is 2. The highest BCUT2D eigenvalue weighted by Crippen LogP contribution is 2.13. The fourth-order valence-corrected chi connectivity index (χ4v) is 1.56. The number of rotatable bonds is 7. The lowest BCUT2D eigenvalue weighted by atomic mass is 10.0. The molecule has 96 valence electrons. The van der Waals surface area contributed by atoms with Crippen LogP contribution in [0.1, 0.15) is 27.2 Å². The molecule has 0 aliphatic heterocycles. The van der Waals surface area contributed by atoms with E-state index in [1.165, 1.54) is 0 Å². The molecule has 1 heterocycles. The second-order valence-corrected chi connectivity index (χ2v) is 4.22. The molecule has 0 fully saturated rings. The zero-order valence-corrected chi connectivity index (χ0v) is 10.8. The van der Waals surface area contributed by atoms with Gasteiger partial charge in [-0.25, -0.2) is 4.98 Å². The van der Waals surface area contributed by atoms with Crippen molar-refractivity contribution in [3.63, 3.8) is 0 Å². The average Bonchev–Trinajstić information content (AvgIpc) is 2.29. The fourth-order valence-electron chi connectivity index (χ4n) is 1.56. The van der Waals surface area contributed by atoms with E-state index < -0.39 is 0 Å². The normalized spacial score (nSPS) is 12.5. The third-order valence-electron chi connectivity index (χ3n) is 2.52. The Bertz CT molecular complexity index is 330. The summed E-state index contributed by atoms with van der Waals surface area (Å²) in [5.74, 6) is 1.68. The molecule has 1 unspecified atom stereocenters. The summed E-state index contributed by atoms with van der Waals surface area (Å²) in [6.07, 6.45) is 2.60. The van der Waals surface area contributed by atoms with Crippen molar-refractivity contribution in [2.24, 2.45) is 11.7 Å². The van der Waals surface area contributed by atoms with E-state index >= 15 is 0 Å². The topological polar surface area (TPSA) is 73.1 Å². The van der Waals surface area contributed by atoms with Gasteiger partial charge in [-0.2, -0.15) is 4.98 Å². The van der Waals surface area contributed by atoms with Crippen LogP contribution >= 0.6 is 0 Å². The van der Waals surface area contributed by atoms with Crippen molar-refractivity contribution >= 4 is 5.95 Å². The summed E-state index contributed by atoms with van der Waals surface area (Å²) in [5.41, 5.74) is 5.59. The first-order valence-corrected chi connectivity index (χ1v) is 6.09. The summed E-state index contributed by atoms with van der Waals surface area (Å²) in [7, 11) is 0. The van der Waals surface area contributed by atoms with Crippen LogP contribution in [-0.2, 0) is 0 Å². The lowest BCUT2D eigenvalue weighted by Crippen LogP contribution is -2.29. The average molecular weight is 238 g/mol. The van der Waals surface area contributed by atoms with Crippen LogP contribution in [0.25, 0.3) is 0 Å². The molecule has 1 aromatic heterocycles. The largest absolute Gasteiger partial charge is 0.478 e. The molecule has 1 rings (SSSR count). The van der Waals surface area contributed by atoms with Crippen molar-refractivity contribution in [1.82, 2.24) is 9.97 Å². The number of nitrogens with two attached hydrogens (primary N) is 1. The maximum Gasteiger partial charge on any atom is 0.226 e. The molecule has 0 saturated carbocycles. The lowest BCUT2D eigenvalue weighted by molar-refractivity contribution is 0.326. The second kappa shape index (κ2) is 7.06. The molecule has 17 heavy (non-hydrogen) atoms.